The lowest BCUT2D eigenvalue weighted by Crippen LogP contribution is -2.08. The Bertz CT molecular complexity index is 637. The predicted molar refractivity (Wildman–Crippen MR) is 84.6 cm³/mol. The number of anilines is 1. The van der Waals surface area contributed by atoms with Gasteiger partial charge in [0, 0.05) is 6.54 Å². The lowest BCUT2D eigenvalue weighted by Gasteiger charge is -2.11. The van der Waals surface area contributed by atoms with Crippen molar-refractivity contribution in [3.63, 3.8) is 0 Å². The predicted octanol–water partition coefficient (Wildman–Crippen LogP) is 4.67. The fourth-order valence-electron chi connectivity index (χ4n) is 1.80. The zero-order valence-electron chi connectivity index (χ0n) is 11.5. The van der Waals surface area contributed by atoms with Crippen LogP contribution in [0.2, 0.25) is 15.1 Å². The van der Waals surface area contributed by atoms with Crippen LogP contribution in [0.15, 0.2) is 6.07 Å². The molecule has 0 aliphatic rings. The molecule has 0 amide bonds. The monoisotopic (exact) mass is 332 g/mol. The average Bonchev–Trinajstić information content (AvgIpc) is 2.66. The van der Waals surface area contributed by atoms with Gasteiger partial charge in [-0.25, -0.2) is 9.67 Å². The molecule has 20 heavy (non-hydrogen) atoms. The van der Waals surface area contributed by atoms with Crippen molar-refractivity contribution in [2.24, 2.45) is 0 Å². The Morgan fingerprint density at radius 3 is 2.45 bits per heavy atom. The van der Waals surface area contributed by atoms with Crippen molar-refractivity contribution >= 4 is 40.6 Å². The summed E-state index contributed by atoms with van der Waals surface area (Å²) in [7, 11) is 0. The van der Waals surface area contributed by atoms with E-state index in [0.29, 0.717) is 26.7 Å². The number of pyridine rings is 1. The van der Waals surface area contributed by atoms with Crippen molar-refractivity contribution in [1.82, 2.24) is 14.8 Å². The molecule has 0 aliphatic heterocycles. The molecule has 4 nitrogen and oxygen atoms in total. The average molecular weight is 334 g/mol. The minimum atomic E-state index is 0.430. The first-order valence-electron chi connectivity index (χ1n) is 6.27. The zero-order chi connectivity index (χ0) is 14.9. The smallest absolute Gasteiger partial charge is 0.174 e. The second-order valence-electron chi connectivity index (χ2n) is 4.45. The third-order valence-corrected chi connectivity index (χ3v) is 3.97. The maximum atomic E-state index is 6.22. The van der Waals surface area contributed by atoms with E-state index in [-0.39, 0.29) is 0 Å². The molecule has 7 heteroatoms. The third-order valence-electron chi connectivity index (χ3n) is 2.86. The van der Waals surface area contributed by atoms with Crippen LogP contribution in [0.3, 0.4) is 0 Å². The summed E-state index contributed by atoms with van der Waals surface area (Å²) in [5.74, 6) is 1.11. The highest BCUT2D eigenvalue weighted by molar-refractivity contribution is 6.37. The van der Waals surface area contributed by atoms with E-state index < -0.39 is 0 Å². The fraction of sp³-hybridized carbons (Fsp3) is 0.385. The maximum absolute atomic E-state index is 6.22. The molecule has 108 valence electrons. The Morgan fingerprint density at radius 2 is 1.90 bits per heavy atom. The third kappa shape index (κ3) is 2.87. The summed E-state index contributed by atoms with van der Waals surface area (Å²) in [6, 6.07) is 1.66. The van der Waals surface area contributed by atoms with E-state index in [0.717, 1.165) is 24.4 Å². The number of aryl methyl sites for hydroxylation is 1. The Hall–Kier alpha value is -0.970. The number of hydrogen-bond acceptors (Lipinski definition) is 3. The van der Waals surface area contributed by atoms with E-state index in [9.17, 15) is 0 Å². The van der Waals surface area contributed by atoms with Gasteiger partial charge in [-0.05, 0) is 26.3 Å². The van der Waals surface area contributed by atoms with Crippen molar-refractivity contribution < 1.29 is 0 Å². The molecule has 0 bridgehead atoms. The van der Waals surface area contributed by atoms with Gasteiger partial charge in [-0.2, -0.15) is 5.10 Å². The van der Waals surface area contributed by atoms with Gasteiger partial charge in [0.2, 0.25) is 0 Å². The van der Waals surface area contributed by atoms with Crippen LogP contribution < -0.4 is 5.32 Å². The van der Waals surface area contributed by atoms with E-state index in [4.69, 9.17) is 34.8 Å². The minimum Gasteiger partial charge on any atom is -0.369 e. The van der Waals surface area contributed by atoms with Crippen LogP contribution in [0.4, 0.5) is 5.82 Å². The molecule has 0 unspecified atom stereocenters. The van der Waals surface area contributed by atoms with Gasteiger partial charge in [0.1, 0.15) is 5.82 Å². The fourth-order valence-corrected chi connectivity index (χ4v) is 2.43. The van der Waals surface area contributed by atoms with Crippen LogP contribution >= 0.6 is 34.8 Å². The molecule has 2 aromatic rings. The van der Waals surface area contributed by atoms with Gasteiger partial charge >= 0.3 is 0 Å². The number of nitrogens with zero attached hydrogens (tertiary/aromatic N) is 3. The van der Waals surface area contributed by atoms with E-state index in [1.165, 1.54) is 0 Å². The summed E-state index contributed by atoms with van der Waals surface area (Å²) >= 11 is 18.5. The molecule has 2 aromatic heterocycles. The van der Waals surface area contributed by atoms with Crippen LogP contribution in [0, 0.1) is 13.8 Å². The molecular formula is C13H15Cl3N4. The first-order chi connectivity index (χ1) is 9.45. The Labute approximate surface area is 133 Å². The summed E-state index contributed by atoms with van der Waals surface area (Å²) in [6.45, 7) is 6.56. The SMILES string of the molecule is CCCNc1nc(-n2nc(C)c(Cl)c2C)c(Cl)cc1Cl. The normalized spacial score (nSPS) is 10.9. The van der Waals surface area contributed by atoms with E-state index in [2.05, 4.69) is 22.3 Å². The molecule has 0 atom stereocenters. The quantitative estimate of drug-likeness (QED) is 0.884. The number of aromatic nitrogens is 3. The molecule has 2 heterocycles. The zero-order valence-corrected chi connectivity index (χ0v) is 13.7. The van der Waals surface area contributed by atoms with Gasteiger partial charge in [-0.15, -0.1) is 0 Å². The number of hydrogen-bond donors (Lipinski definition) is 1. The molecule has 0 spiro atoms. The van der Waals surface area contributed by atoms with Crippen LogP contribution in [0.5, 0.6) is 0 Å². The van der Waals surface area contributed by atoms with E-state index >= 15 is 0 Å². The molecule has 0 saturated heterocycles. The summed E-state index contributed by atoms with van der Waals surface area (Å²) in [4.78, 5) is 4.46. The van der Waals surface area contributed by atoms with Gasteiger partial charge < -0.3 is 5.32 Å². The molecule has 0 aliphatic carbocycles. The maximum Gasteiger partial charge on any atom is 0.174 e. The second kappa shape index (κ2) is 6.20. The Kier molecular flexibility index (Phi) is 4.78. The summed E-state index contributed by atoms with van der Waals surface area (Å²) in [6.07, 6.45) is 0.974. The second-order valence-corrected chi connectivity index (χ2v) is 5.64. The van der Waals surface area contributed by atoms with Crippen LogP contribution in [-0.2, 0) is 0 Å². The summed E-state index contributed by atoms with van der Waals surface area (Å²) < 4.78 is 1.63. The highest BCUT2D eigenvalue weighted by Crippen LogP contribution is 2.30. The Morgan fingerprint density at radius 1 is 1.20 bits per heavy atom. The lowest BCUT2D eigenvalue weighted by molar-refractivity contribution is 0.806. The molecule has 2 rings (SSSR count). The molecular weight excluding hydrogens is 319 g/mol. The van der Waals surface area contributed by atoms with E-state index in [1.807, 2.05) is 13.8 Å². The minimum absolute atomic E-state index is 0.430. The highest BCUT2D eigenvalue weighted by Gasteiger charge is 2.16. The van der Waals surface area contributed by atoms with Gasteiger partial charge in [-0.3, -0.25) is 0 Å². The number of halogens is 3. The molecule has 1 N–H and O–H groups in total. The number of nitrogens with one attached hydrogen (secondary N) is 1. The first kappa shape index (κ1) is 15.4. The lowest BCUT2D eigenvalue weighted by atomic mass is 10.4. The molecule has 0 radical (unpaired) electrons. The van der Waals surface area contributed by atoms with Crippen LogP contribution in [0.25, 0.3) is 5.82 Å². The first-order valence-corrected chi connectivity index (χ1v) is 7.41. The van der Waals surface area contributed by atoms with Crippen molar-refractivity contribution in [3.05, 3.63) is 32.5 Å². The van der Waals surface area contributed by atoms with Crippen LogP contribution in [0.1, 0.15) is 24.7 Å². The number of rotatable bonds is 4. The van der Waals surface area contributed by atoms with Crippen molar-refractivity contribution in [3.8, 4) is 5.82 Å². The van der Waals surface area contributed by atoms with Crippen LogP contribution in [-0.4, -0.2) is 21.3 Å². The van der Waals surface area contributed by atoms with Gasteiger partial charge in [-0.1, -0.05) is 41.7 Å². The molecule has 0 fully saturated rings. The largest absolute Gasteiger partial charge is 0.369 e. The molecule has 0 saturated carbocycles. The van der Waals surface area contributed by atoms with Crippen molar-refractivity contribution in [1.29, 1.82) is 0 Å². The summed E-state index contributed by atoms with van der Waals surface area (Å²) in [5.41, 5.74) is 1.53. The van der Waals surface area contributed by atoms with Gasteiger partial charge in [0.15, 0.2) is 5.82 Å². The summed E-state index contributed by atoms with van der Waals surface area (Å²) in [5, 5.41) is 9.05. The van der Waals surface area contributed by atoms with Gasteiger partial charge in [0.05, 0.1) is 26.5 Å². The standard InChI is InChI=1S/C13H15Cl3N4/c1-4-5-17-12-9(14)6-10(15)13(18-12)20-8(3)11(16)7(2)19-20/h6H,4-5H2,1-3H3,(H,17,18). The van der Waals surface area contributed by atoms with Crippen molar-refractivity contribution in [2.45, 2.75) is 27.2 Å². The molecule has 0 aromatic carbocycles. The van der Waals surface area contributed by atoms with E-state index in [1.54, 1.807) is 10.7 Å². The highest BCUT2D eigenvalue weighted by atomic mass is 35.5. The topological polar surface area (TPSA) is 42.7 Å². The van der Waals surface area contributed by atoms with Gasteiger partial charge in [0.25, 0.3) is 0 Å². The van der Waals surface area contributed by atoms with Crippen molar-refractivity contribution in [2.75, 3.05) is 11.9 Å². The Balaban J connectivity index is 2.53.